The van der Waals surface area contributed by atoms with Crippen molar-refractivity contribution in [2.24, 2.45) is 0 Å². The molecule has 0 fully saturated rings. The van der Waals surface area contributed by atoms with E-state index in [-0.39, 0.29) is 0 Å². The van der Waals surface area contributed by atoms with Crippen molar-refractivity contribution in [2.45, 2.75) is 0 Å². The smallest absolute Gasteiger partial charge is 0.227 e. The summed E-state index contributed by atoms with van der Waals surface area (Å²) in [4.78, 5) is 11.7. The van der Waals surface area contributed by atoms with Crippen molar-refractivity contribution in [3.63, 3.8) is 0 Å². The van der Waals surface area contributed by atoms with Crippen LogP contribution in [0, 0.1) is 11.3 Å². The van der Waals surface area contributed by atoms with Gasteiger partial charge in [0.25, 0.3) is 0 Å². The number of nitriles is 1. The molecule has 0 saturated carbocycles. The third kappa shape index (κ3) is 5.48. The fourth-order valence-corrected chi connectivity index (χ4v) is 8.71. The van der Waals surface area contributed by atoms with Crippen LogP contribution in [0.3, 0.4) is 0 Å². The second-order valence-corrected chi connectivity index (χ2v) is 14.9. The number of nitrogens with zero attached hydrogens (tertiary/aromatic N) is 4. The Balaban J connectivity index is 0.965. The highest BCUT2D eigenvalue weighted by atomic mass is 32.1. The Kier molecular flexibility index (Phi) is 7.31. The highest BCUT2D eigenvalue weighted by Gasteiger charge is 2.17. The minimum atomic E-state index is 0.591. The molecule has 0 saturated heterocycles. The maximum Gasteiger partial charge on any atom is 0.227 e. The van der Waals surface area contributed by atoms with Crippen molar-refractivity contribution in [3.8, 4) is 40.1 Å². The van der Waals surface area contributed by atoms with Gasteiger partial charge in [-0.15, -0.1) is 11.3 Å². The molecule has 0 atom stereocenters. The van der Waals surface area contributed by atoms with Gasteiger partial charge in [-0.3, -0.25) is 0 Å². The number of rotatable bonds is 6. The minimum Gasteiger partial charge on any atom is -0.436 e. The van der Waals surface area contributed by atoms with Crippen LogP contribution < -0.4 is 4.90 Å². The van der Waals surface area contributed by atoms with Gasteiger partial charge in [0.1, 0.15) is 11.0 Å². The largest absolute Gasteiger partial charge is 0.436 e. The highest BCUT2D eigenvalue weighted by molar-refractivity contribution is 7.25. The summed E-state index contributed by atoms with van der Waals surface area (Å²) in [6.07, 6.45) is 0. The molecule has 262 valence electrons. The molecule has 0 radical (unpaired) electrons. The van der Waals surface area contributed by atoms with E-state index in [0.717, 1.165) is 77.0 Å². The van der Waals surface area contributed by atoms with Gasteiger partial charge in [-0.05, 0) is 131 Å². The van der Waals surface area contributed by atoms with Crippen molar-refractivity contribution < 1.29 is 8.83 Å². The molecule has 3 aromatic heterocycles. The number of aromatic nitrogens is 2. The predicted molar refractivity (Wildman–Crippen MR) is 228 cm³/mol. The number of hydrogen-bond donors (Lipinski definition) is 0. The van der Waals surface area contributed by atoms with Crippen molar-refractivity contribution >= 4 is 81.5 Å². The maximum atomic E-state index is 9.40. The van der Waals surface area contributed by atoms with Gasteiger partial charge >= 0.3 is 0 Å². The molecular weight excluding hydrogens is 709 g/mol. The Morgan fingerprint density at radius 2 is 0.964 bits per heavy atom. The summed E-state index contributed by atoms with van der Waals surface area (Å²) in [5.41, 5.74) is 11.0. The van der Waals surface area contributed by atoms with Gasteiger partial charge in [0.2, 0.25) is 11.8 Å². The number of benzene rings is 8. The highest BCUT2D eigenvalue weighted by Crippen LogP contribution is 2.40. The maximum absolute atomic E-state index is 9.40. The first-order chi connectivity index (χ1) is 27.6. The van der Waals surface area contributed by atoms with Gasteiger partial charge in [0, 0.05) is 48.4 Å². The summed E-state index contributed by atoms with van der Waals surface area (Å²) in [7, 11) is 0. The molecule has 0 unspecified atom stereocenters. The quantitative estimate of drug-likeness (QED) is 0.169. The zero-order chi connectivity index (χ0) is 37.2. The molecule has 7 heteroatoms. The van der Waals surface area contributed by atoms with Gasteiger partial charge in [-0.25, -0.2) is 9.97 Å². The molecule has 0 amide bonds. The van der Waals surface area contributed by atoms with Gasteiger partial charge in [-0.1, -0.05) is 60.7 Å². The van der Waals surface area contributed by atoms with Gasteiger partial charge < -0.3 is 13.7 Å². The van der Waals surface area contributed by atoms with Crippen LogP contribution in [-0.4, -0.2) is 9.97 Å². The number of hydrogen-bond acceptors (Lipinski definition) is 7. The monoisotopic (exact) mass is 736 g/mol. The van der Waals surface area contributed by atoms with Crippen LogP contribution in [0.1, 0.15) is 5.56 Å². The third-order valence-electron chi connectivity index (χ3n) is 10.4. The van der Waals surface area contributed by atoms with Crippen LogP contribution in [0.15, 0.2) is 179 Å². The topological polar surface area (TPSA) is 79.1 Å². The normalized spacial score (nSPS) is 11.6. The number of anilines is 3. The van der Waals surface area contributed by atoms with Crippen LogP contribution in [0.25, 0.3) is 87.2 Å². The first-order valence-corrected chi connectivity index (χ1v) is 19.1. The summed E-state index contributed by atoms with van der Waals surface area (Å²) >= 11 is 1.73. The minimum absolute atomic E-state index is 0.591. The van der Waals surface area contributed by atoms with E-state index in [1.165, 1.54) is 15.5 Å². The summed E-state index contributed by atoms with van der Waals surface area (Å²) in [5.74, 6) is 1.18. The van der Waals surface area contributed by atoms with E-state index in [2.05, 4.69) is 120 Å². The molecule has 0 N–H and O–H groups in total. The van der Waals surface area contributed by atoms with E-state index in [0.29, 0.717) is 17.3 Å². The van der Waals surface area contributed by atoms with Crippen molar-refractivity contribution in [2.75, 3.05) is 4.90 Å². The zero-order valence-electron chi connectivity index (χ0n) is 29.7. The Morgan fingerprint density at radius 1 is 0.464 bits per heavy atom. The van der Waals surface area contributed by atoms with Gasteiger partial charge in [0.15, 0.2) is 11.2 Å². The van der Waals surface area contributed by atoms with Crippen LogP contribution in [0.5, 0.6) is 0 Å². The standard InChI is InChI=1S/C49H28N4O2S/c50-29-30-9-23-40-41-24-17-36(28-47(41)56-46(40)25-30)33-10-11-35-27-39(22-16-34(35)26-33)53(37-18-12-31(13-19-37)48-51-42-5-1-3-7-44(42)54-48)38-20-14-32(15-21-38)49-52-43-6-2-4-8-45(43)55-49/h1-28H. The molecule has 6 nitrogen and oxygen atoms in total. The molecule has 0 aliphatic rings. The molecule has 11 aromatic rings. The van der Waals surface area contributed by atoms with Gasteiger partial charge in [0.05, 0.1) is 11.6 Å². The van der Waals surface area contributed by atoms with Crippen LogP contribution in [0.2, 0.25) is 0 Å². The van der Waals surface area contributed by atoms with Gasteiger partial charge in [-0.2, -0.15) is 5.26 Å². The molecular formula is C49H28N4O2S. The predicted octanol–water partition coefficient (Wildman–Crippen LogP) is 13.8. The molecule has 0 aliphatic carbocycles. The lowest BCUT2D eigenvalue weighted by molar-refractivity contribution is 0.619. The van der Waals surface area contributed by atoms with Crippen LogP contribution >= 0.6 is 11.3 Å². The van der Waals surface area contributed by atoms with E-state index < -0.39 is 0 Å². The number of fused-ring (bicyclic) bond motifs is 6. The lowest BCUT2D eigenvalue weighted by Gasteiger charge is -2.26. The second kappa shape index (κ2) is 12.8. The number of thiophene rings is 1. The first kappa shape index (κ1) is 31.9. The lowest BCUT2D eigenvalue weighted by Crippen LogP contribution is -2.09. The molecule has 11 rings (SSSR count). The summed E-state index contributed by atoms with van der Waals surface area (Å²) in [6.45, 7) is 0. The fourth-order valence-electron chi connectivity index (χ4n) is 7.52. The number of para-hydroxylation sites is 4. The molecule has 8 aromatic carbocycles. The summed E-state index contributed by atoms with van der Waals surface area (Å²) in [5, 5.41) is 14.1. The third-order valence-corrected chi connectivity index (χ3v) is 11.5. The zero-order valence-corrected chi connectivity index (χ0v) is 30.5. The Morgan fingerprint density at radius 3 is 1.59 bits per heavy atom. The van der Waals surface area contributed by atoms with Crippen molar-refractivity contribution in [3.05, 3.63) is 175 Å². The molecule has 0 spiro atoms. The Labute approximate surface area is 324 Å². The molecule has 56 heavy (non-hydrogen) atoms. The average Bonchev–Trinajstić information content (AvgIpc) is 3.99. The van der Waals surface area contributed by atoms with E-state index in [4.69, 9.17) is 18.8 Å². The summed E-state index contributed by atoms with van der Waals surface area (Å²) in [6, 6.07) is 60.4. The van der Waals surface area contributed by atoms with E-state index in [9.17, 15) is 5.26 Å². The Hall–Kier alpha value is -7.53. The van der Waals surface area contributed by atoms with Crippen LogP contribution in [0.4, 0.5) is 17.1 Å². The van der Waals surface area contributed by atoms with Crippen molar-refractivity contribution in [1.82, 2.24) is 9.97 Å². The molecule has 0 aliphatic heterocycles. The SMILES string of the molecule is N#Cc1ccc2c(c1)sc1cc(-c3ccc4cc(N(c5ccc(-c6nc7ccccc7o6)cc5)c5ccc(-c6nc7ccccc7o6)cc5)ccc4c3)ccc12. The second-order valence-electron chi connectivity index (χ2n) is 13.8. The van der Waals surface area contributed by atoms with E-state index >= 15 is 0 Å². The number of oxazole rings is 2. The lowest BCUT2D eigenvalue weighted by atomic mass is 9.99. The fraction of sp³-hybridized carbons (Fsp3) is 0. The molecule has 0 bridgehead atoms. The van der Waals surface area contributed by atoms with Crippen molar-refractivity contribution in [1.29, 1.82) is 5.26 Å². The van der Waals surface area contributed by atoms with Crippen LogP contribution in [-0.2, 0) is 0 Å². The van der Waals surface area contributed by atoms with E-state index in [1.54, 1.807) is 11.3 Å². The van der Waals surface area contributed by atoms with E-state index in [1.807, 2.05) is 60.7 Å². The average molecular weight is 737 g/mol. The summed E-state index contributed by atoms with van der Waals surface area (Å²) < 4.78 is 14.5. The Bertz CT molecular complexity index is 3150. The first-order valence-electron chi connectivity index (χ1n) is 18.3. The molecule has 3 heterocycles.